The van der Waals surface area contributed by atoms with E-state index in [1.165, 1.54) is 0 Å². The van der Waals surface area contributed by atoms with Crippen molar-refractivity contribution in [1.82, 2.24) is 10.3 Å². The Bertz CT molecular complexity index is 707. The summed E-state index contributed by atoms with van der Waals surface area (Å²) in [5, 5.41) is 16.0. The van der Waals surface area contributed by atoms with E-state index in [1.807, 2.05) is 19.1 Å². The topological polar surface area (TPSA) is 74.2 Å². The number of thiocarbonyl (C=S) groups is 1. The van der Waals surface area contributed by atoms with Gasteiger partial charge < -0.3 is 15.7 Å². The summed E-state index contributed by atoms with van der Waals surface area (Å²) < 4.78 is 0. The van der Waals surface area contributed by atoms with E-state index in [2.05, 4.69) is 15.6 Å². The fourth-order valence-corrected chi connectivity index (χ4v) is 2.41. The molecule has 0 amide bonds. The molecule has 1 aromatic carbocycles. The van der Waals surface area contributed by atoms with E-state index in [4.69, 9.17) is 28.9 Å². The number of pyridine rings is 1. The smallest absolute Gasteiger partial charge is 0.305 e. The fraction of sp³-hybridized carbons (Fsp3) is 0.188. The number of nitrogens with zero attached hydrogens (tertiary/aromatic N) is 1. The lowest BCUT2D eigenvalue weighted by molar-refractivity contribution is -0.137. The highest BCUT2D eigenvalue weighted by Gasteiger charge is 2.16. The van der Waals surface area contributed by atoms with Gasteiger partial charge >= 0.3 is 5.97 Å². The van der Waals surface area contributed by atoms with Crippen molar-refractivity contribution in [2.45, 2.75) is 19.4 Å². The van der Waals surface area contributed by atoms with Gasteiger partial charge in [-0.25, -0.2) is 4.98 Å². The predicted octanol–water partition coefficient (Wildman–Crippen LogP) is 3.55. The maximum atomic E-state index is 11.1. The van der Waals surface area contributed by atoms with Crippen LogP contribution in [0.15, 0.2) is 42.6 Å². The average molecular weight is 350 g/mol. The molecule has 2 rings (SSSR count). The molecule has 0 saturated carbocycles. The van der Waals surface area contributed by atoms with Crippen LogP contribution in [0.25, 0.3) is 0 Å². The van der Waals surface area contributed by atoms with E-state index in [-0.39, 0.29) is 6.42 Å². The second kappa shape index (κ2) is 7.89. The Labute approximate surface area is 144 Å². The molecule has 2 aromatic rings. The van der Waals surface area contributed by atoms with E-state index in [0.717, 1.165) is 11.1 Å². The molecule has 5 nitrogen and oxygen atoms in total. The number of rotatable bonds is 5. The normalized spacial score (nSPS) is 11.6. The van der Waals surface area contributed by atoms with E-state index in [9.17, 15) is 4.79 Å². The molecule has 120 valence electrons. The highest BCUT2D eigenvalue weighted by Crippen LogP contribution is 2.20. The standard InChI is InChI=1S/C16H16ClN3O2S/c1-10-6-7-18-14(8-10)20-16(23)19-13(9-15(21)22)11-2-4-12(17)5-3-11/h2-8,13H,9H2,1H3,(H,21,22)(H2,18,19,20,23)/t13-/m0/s1. The minimum absolute atomic E-state index is 0.106. The van der Waals surface area contributed by atoms with Crippen molar-refractivity contribution in [2.24, 2.45) is 0 Å². The molecule has 0 bridgehead atoms. The molecule has 0 aliphatic rings. The van der Waals surface area contributed by atoms with E-state index in [1.54, 1.807) is 30.5 Å². The van der Waals surface area contributed by atoms with Crippen molar-refractivity contribution in [3.05, 3.63) is 58.7 Å². The highest BCUT2D eigenvalue weighted by atomic mass is 35.5. The highest BCUT2D eigenvalue weighted by molar-refractivity contribution is 7.80. The Kier molecular flexibility index (Phi) is 5.90. The fourth-order valence-electron chi connectivity index (χ4n) is 2.04. The lowest BCUT2D eigenvalue weighted by Gasteiger charge is -2.20. The van der Waals surface area contributed by atoms with E-state index >= 15 is 0 Å². The van der Waals surface area contributed by atoms with Crippen LogP contribution in [0.4, 0.5) is 5.82 Å². The maximum Gasteiger partial charge on any atom is 0.305 e. The Morgan fingerprint density at radius 2 is 2.04 bits per heavy atom. The SMILES string of the molecule is Cc1ccnc(NC(=S)N[C@@H](CC(=O)O)c2ccc(Cl)cc2)c1. The number of anilines is 1. The Morgan fingerprint density at radius 1 is 1.35 bits per heavy atom. The Morgan fingerprint density at radius 3 is 2.65 bits per heavy atom. The number of carboxylic acids is 1. The van der Waals surface area contributed by atoms with Crippen molar-refractivity contribution in [3.8, 4) is 0 Å². The third-order valence-electron chi connectivity index (χ3n) is 3.11. The van der Waals surface area contributed by atoms with Crippen LogP contribution in [0.2, 0.25) is 5.02 Å². The lowest BCUT2D eigenvalue weighted by Crippen LogP contribution is -2.33. The molecule has 3 N–H and O–H groups in total. The van der Waals surface area contributed by atoms with Crippen LogP contribution in [-0.2, 0) is 4.79 Å². The van der Waals surface area contributed by atoms with Gasteiger partial charge in [0.25, 0.3) is 0 Å². The van der Waals surface area contributed by atoms with Crippen molar-refractivity contribution in [1.29, 1.82) is 0 Å². The molecule has 1 atom stereocenters. The Hall–Kier alpha value is -2.18. The third kappa shape index (κ3) is 5.50. The monoisotopic (exact) mass is 349 g/mol. The molecule has 0 aliphatic carbocycles. The Balaban J connectivity index is 2.09. The van der Waals surface area contributed by atoms with Gasteiger partial charge in [-0.15, -0.1) is 0 Å². The molecular weight excluding hydrogens is 334 g/mol. The number of aryl methyl sites for hydroxylation is 1. The van der Waals surface area contributed by atoms with Crippen LogP contribution >= 0.6 is 23.8 Å². The first-order chi connectivity index (χ1) is 10.9. The van der Waals surface area contributed by atoms with Gasteiger partial charge in [0.05, 0.1) is 12.5 Å². The molecule has 0 spiro atoms. The van der Waals surface area contributed by atoms with Crippen LogP contribution in [0.1, 0.15) is 23.6 Å². The first-order valence-corrected chi connectivity index (χ1v) is 7.70. The van der Waals surface area contributed by atoms with Gasteiger partial charge in [-0.1, -0.05) is 23.7 Å². The average Bonchev–Trinajstić information content (AvgIpc) is 2.46. The molecular formula is C16H16ClN3O2S. The molecule has 0 unspecified atom stereocenters. The minimum atomic E-state index is -0.922. The zero-order valence-corrected chi connectivity index (χ0v) is 14.0. The minimum Gasteiger partial charge on any atom is -0.481 e. The molecule has 1 heterocycles. The zero-order valence-electron chi connectivity index (χ0n) is 12.4. The van der Waals surface area contributed by atoms with Crippen LogP contribution in [0, 0.1) is 6.92 Å². The number of benzene rings is 1. The second-order valence-corrected chi connectivity index (χ2v) is 5.86. The van der Waals surface area contributed by atoms with Gasteiger partial charge in [0.1, 0.15) is 5.82 Å². The molecule has 0 fully saturated rings. The quantitative estimate of drug-likeness (QED) is 0.717. The van der Waals surface area contributed by atoms with Crippen LogP contribution in [0.3, 0.4) is 0 Å². The molecule has 7 heteroatoms. The summed E-state index contributed by atoms with van der Waals surface area (Å²) in [6, 6.07) is 10.2. The molecule has 0 aliphatic heterocycles. The summed E-state index contributed by atoms with van der Waals surface area (Å²) in [5.41, 5.74) is 1.84. The van der Waals surface area contributed by atoms with Gasteiger partial charge in [-0.05, 0) is 54.5 Å². The summed E-state index contributed by atoms with van der Waals surface area (Å²) in [7, 11) is 0. The number of hydrogen-bond acceptors (Lipinski definition) is 3. The van der Waals surface area contributed by atoms with E-state index < -0.39 is 12.0 Å². The molecule has 23 heavy (non-hydrogen) atoms. The number of carboxylic acid groups (broad SMARTS) is 1. The molecule has 0 radical (unpaired) electrons. The summed E-state index contributed by atoms with van der Waals surface area (Å²) >= 11 is 11.1. The lowest BCUT2D eigenvalue weighted by atomic mass is 10.0. The number of aliphatic carboxylic acids is 1. The summed E-state index contributed by atoms with van der Waals surface area (Å²) in [4.78, 5) is 15.3. The van der Waals surface area contributed by atoms with Gasteiger partial charge in [-0.2, -0.15) is 0 Å². The van der Waals surface area contributed by atoms with Crippen molar-refractivity contribution < 1.29 is 9.90 Å². The first-order valence-electron chi connectivity index (χ1n) is 6.91. The van der Waals surface area contributed by atoms with Crippen molar-refractivity contribution in [3.63, 3.8) is 0 Å². The van der Waals surface area contributed by atoms with Gasteiger partial charge in [0.2, 0.25) is 0 Å². The van der Waals surface area contributed by atoms with Crippen LogP contribution in [-0.4, -0.2) is 21.2 Å². The number of nitrogens with one attached hydrogen (secondary N) is 2. The van der Waals surface area contributed by atoms with Crippen LogP contribution in [0.5, 0.6) is 0 Å². The van der Waals surface area contributed by atoms with E-state index in [0.29, 0.717) is 16.0 Å². The largest absolute Gasteiger partial charge is 0.481 e. The van der Waals surface area contributed by atoms with Crippen molar-refractivity contribution >= 4 is 40.7 Å². The number of halogens is 1. The first kappa shape index (κ1) is 17.2. The summed E-state index contributed by atoms with van der Waals surface area (Å²) in [6.45, 7) is 1.95. The number of aromatic nitrogens is 1. The summed E-state index contributed by atoms with van der Waals surface area (Å²) in [6.07, 6.45) is 1.57. The second-order valence-electron chi connectivity index (χ2n) is 5.02. The summed E-state index contributed by atoms with van der Waals surface area (Å²) in [5.74, 6) is -0.318. The van der Waals surface area contributed by atoms with Crippen molar-refractivity contribution in [2.75, 3.05) is 5.32 Å². The zero-order chi connectivity index (χ0) is 16.8. The maximum absolute atomic E-state index is 11.1. The van der Waals surface area contributed by atoms with Gasteiger partial charge in [0.15, 0.2) is 5.11 Å². The van der Waals surface area contributed by atoms with Gasteiger partial charge in [-0.3, -0.25) is 4.79 Å². The predicted molar refractivity (Wildman–Crippen MR) is 94.8 cm³/mol. The number of carbonyl (C=O) groups is 1. The number of hydrogen-bond donors (Lipinski definition) is 3. The molecule has 1 aromatic heterocycles. The van der Waals surface area contributed by atoms with Crippen LogP contribution < -0.4 is 10.6 Å². The van der Waals surface area contributed by atoms with Gasteiger partial charge in [0, 0.05) is 11.2 Å². The third-order valence-corrected chi connectivity index (χ3v) is 3.59. The molecule has 0 saturated heterocycles.